The van der Waals surface area contributed by atoms with Gasteiger partial charge in [-0.05, 0) is 24.1 Å². The number of nitrogen functional groups attached to an aromatic ring is 1. The fourth-order valence-corrected chi connectivity index (χ4v) is 2.72. The number of nitrogens with two attached hydrogens (primary N) is 1. The van der Waals surface area contributed by atoms with Crippen LogP contribution in [0.3, 0.4) is 0 Å². The Morgan fingerprint density at radius 1 is 1.41 bits per heavy atom. The van der Waals surface area contributed by atoms with E-state index in [9.17, 15) is 4.39 Å². The zero-order valence-electron chi connectivity index (χ0n) is 9.74. The lowest BCUT2D eigenvalue weighted by Crippen LogP contribution is -1.93. The average molecular weight is 250 g/mol. The van der Waals surface area contributed by atoms with Crippen molar-refractivity contribution in [1.82, 2.24) is 4.98 Å². The van der Waals surface area contributed by atoms with E-state index in [1.807, 2.05) is 6.07 Å². The van der Waals surface area contributed by atoms with E-state index in [4.69, 9.17) is 5.73 Å². The molecule has 0 aliphatic heterocycles. The lowest BCUT2D eigenvalue weighted by Gasteiger charge is -2.01. The van der Waals surface area contributed by atoms with Crippen LogP contribution in [-0.4, -0.2) is 4.98 Å². The minimum atomic E-state index is -0.197. The molecule has 0 amide bonds. The molecule has 2 nitrogen and oxygen atoms in total. The van der Waals surface area contributed by atoms with Gasteiger partial charge in [0.05, 0.1) is 5.69 Å². The molecule has 1 heterocycles. The highest BCUT2D eigenvalue weighted by atomic mass is 32.1. The summed E-state index contributed by atoms with van der Waals surface area (Å²) in [6.45, 7) is 2.11. The molecule has 0 aliphatic carbocycles. The van der Waals surface area contributed by atoms with Crippen molar-refractivity contribution in [2.75, 3.05) is 5.73 Å². The molecule has 2 N–H and O–H groups in total. The maximum atomic E-state index is 13.1. The lowest BCUT2D eigenvalue weighted by atomic mass is 10.1. The van der Waals surface area contributed by atoms with Crippen molar-refractivity contribution in [3.8, 4) is 0 Å². The summed E-state index contributed by atoms with van der Waals surface area (Å²) in [5.41, 5.74) is 7.75. The molecule has 0 spiro atoms. The lowest BCUT2D eigenvalue weighted by molar-refractivity contribution is 0.626. The Hall–Kier alpha value is -1.42. The van der Waals surface area contributed by atoms with Crippen LogP contribution in [0.4, 0.5) is 9.52 Å². The number of benzene rings is 1. The van der Waals surface area contributed by atoms with Gasteiger partial charge in [0, 0.05) is 11.3 Å². The molecular formula is C13H15FN2S. The predicted molar refractivity (Wildman–Crippen MR) is 69.7 cm³/mol. The highest BCUT2D eigenvalue weighted by molar-refractivity contribution is 7.15. The second-order valence-corrected chi connectivity index (χ2v) is 5.09. The summed E-state index contributed by atoms with van der Waals surface area (Å²) in [6, 6.07) is 6.67. The molecule has 4 heteroatoms. The van der Waals surface area contributed by atoms with Crippen LogP contribution in [0.2, 0.25) is 0 Å². The first-order valence-electron chi connectivity index (χ1n) is 5.67. The van der Waals surface area contributed by atoms with Crippen LogP contribution in [-0.2, 0) is 12.8 Å². The third-order valence-electron chi connectivity index (χ3n) is 2.54. The van der Waals surface area contributed by atoms with Crippen molar-refractivity contribution in [3.05, 3.63) is 46.2 Å². The van der Waals surface area contributed by atoms with Crippen LogP contribution < -0.4 is 5.73 Å². The predicted octanol–water partition coefficient (Wildman–Crippen LogP) is 3.41. The fourth-order valence-electron chi connectivity index (χ4n) is 1.81. The largest absolute Gasteiger partial charge is 0.375 e. The summed E-state index contributed by atoms with van der Waals surface area (Å²) in [7, 11) is 0. The van der Waals surface area contributed by atoms with Gasteiger partial charge >= 0.3 is 0 Å². The third-order valence-corrected chi connectivity index (χ3v) is 3.46. The van der Waals surface area contributed by atoms with Crippen LogP contribution in [0.5, 0.6) is 0 Å². The normalized spacial score (nSPS) is 10.7. The zero-order valence-corrected chi connectivity index (χ0v) is 10.6. The van der Waals surface area contributed by atoms with Gasteiger partial charge in [-0.3, -0.25) is 0 Å². The molecule has 2 aromatic rings. The number of thiazole rings is 1. The van der Waals surface area contributed by atoms with Gasteiger partial charge in [-0.15, -0.1) is 11.3 Å². The molecule has 17 heavy (non-hydrogen) atoms. The van der Waals surface area contributed by atoms with Gasteiger partial charge in [0.2, 0.25) is 0 Å². The van der Waals surface area contributed by atoms with Crippen molar-refractivity contribution in [2.24, 2.45) is 0 Å². The molecular weight excluding hydrogens is 235 g/mol. The second-order valence-electron chi connectivity index (χ2n) is 3.98. The minimum absolute atomic E-state index is 0.197. The molecule has 0 aliphatic rings. The Labute approximate surface area is 104 Å². The van der Waals surface area contributed by atoms with Crippen molar-refractivity contribution < 1.29 is 4.39 Å². The van der Waals surface area contributed by atoms with E-state index >= 15 is 0 Å². The van der Waals surface area contributed by atoms with E-state index in [0.717, 1.165) is 29.0 Å². The molecule has 1 aromatic heterocycles. The molecule has 2 rings (SSSR count). The van der Waals surface area contributed by atoms with E-state index in [1.54, 1.807) is 12.1 Å². The number of aryl methyl sites for hydroxylation is 1. The van der Waals surface area contributed by atoms with Crippen LogP contribution in [0.25, 0.3) is 0 Å². The number of halogens is 1. The molecule has 0 unspecified atom stereocenters. The van der Waals surface area contributed by atoms with E-state index < -0.39 is 0 Å². The molecule has 0 saturated carbocycles. The first-order chi connectivity index (χ1) is 8.19. The Morgan fingerprint density at radius 3 is 2.94 bits per heavy atom. The maximum Gasteiger partial charge on any atom is 0.180 e. The molecule has 0 atom stereocenters. The Balaban J connectivity index is 2.23. The maximum absolute atomic E-state index is 13.1. The first-order valence-corrected chi connectivity index (χ1v) is 6.49. The van der Waals surface area contributed by atoms with Crippen LogP contribution in [0, 0.1) is 5.82 Å². The Morgan fingerprint density at radius 2 is 2.24 bits per heavy atom. The van der Waals surface area contributed by atoms with Gasteiger partial charge in [0.25, 0.3) is 0 Å². The topological polar surface area (TPSA) is 38.9 Å². The quantitative estimate of drug-likeness (QED) is 0.903. The van der Waals surface area contributed by atoms with E-state index in [-0.39, 0.29) is 5.82 Å². The van der Waals surface area contributed by atoms with Crippen molar-refractivity contribution in [2.45, 2.75) is 26.2 Å². The molecule has 1 aromatic carbocycles. The summed E-state index contributed by atoms with van der Waals surface area (Å²) in [4.78, 5) is 5.47. The molecule has 0 radical (unpaired) electrons. The van der Waals surface area contributed by atoms with Gasteiger partial charge in [-0.25, -0.2) is 9.37 Å². The van der Waals surface area contributed by atoms with Crippen molar-refractivity contribution in [1.29, 1.82) is 0 Å². The van der Waals surface area contributed by atoms with Gasteiger partial charge in [0.1, 0.15) is 5.82 Å². The number of hydrogen-bond donors (Lipinski definition) is 1. The summed E-state index contributed by atoms with van der Waals surface area (Å²) in [5.74, 6) is -0.197. The van der Waals surface area contributed by atoms with E-state index in [2.05, 4.69) is 11.9 Å². The summed E-state index contributed by atoms with van der Waals surface area (Å²) >= 11 is 1.50. The van der Waals surface area contributed by atoms with Gasteiger partial charge in [-0.2, -0.15) is 0 Å². The SMILES string of the molecule is CCCc1nc(N)sc1Cc1cccc(F)c1. The molecule has 90 valence electrons. The van der Waals surface area contributed by atoms with Gasteiger partial charge in [-0.1, -0.05) is 25.5 Å². The molecule has 0 bridgehead atoms. The standard InChI is InChI=1S/C13H15FN2S/c1-2-4-11-12(17-13(15)16-11)8-9-5-3-6-10(14)7-9/h3,5-7H,2,4,8H2,1H3,(H2,15,16). The number of aromatic nitrogens is 1. The third kappa shape index (κ3) is 3.03. The number of anilines is 1. The fraction of sp³-hybridized carbons (Fsp3) is 0.308. The molecule has 0 fully saturated rings. The van der Waals surface area contributed by atoms with Crippen molar-refractivity contribution >= 4 is 16.5 Å². The summed E-state index contributed by atoms with van der Waals surface area (Å²) in [5, 5.41) is 0.597. The van der Waals surface area contributed by atoms with Crippen LogP contribution >= 0.6 is 11.3 Å². The number of nitrogens with zero attached hydrogens (tertiary/aromatic N) is 1. The first kappa shape index (κ1) is 12.0. The monoisotopic (exact) mass is 250 g/mol. The smallest absolute Gasteiger partial charge is 0.180 e. The highest BCUT2D eigenvalue weighted by Crippen LogP contribution is 2.24. The van der Waals surface area contributed by atoms with Gasteiger partial charge < -0.3 is 5.73 Å². The minimum Gasteiger partial charge on any atom is -0.375 e. The van der Waals surface area contributed by atoms with E-state index in [1.165, 1.54) is 17.4 Å². The number of hydrogen-bond acceptors (Lipinski definition) is 3. The number of rotatable bonds is 4. The summed E-state index contributed by atoms with van der Waals surface area (Å²) in [6.07, 6.45) is 2.68. The van der Waals surface area contributed by atoms with E-state index in [0.29, 0.717) is 11.6 Å². The Kier molecular flexibility index (Phi) is 3.74. The average Bonchev–Trinajstić information content (AvgIpc) is 2.59. The van der Waals surface area contributed by atoms with Crippen molar-refractivity contribution in [3.63, 3.8) is 0 Å². The Bertz CT molecular complexity index is 508. The molecule has 0 saturated heterocycles. The highest BCUT2D eigenvalue weighted by Gasteiger charge is 2.09. The second kappa shape index (κ2) is 5.27. The zero-order chi connectivity index (χ0) is 12.3. The summed E-state index contributed by atoms with van der Waals surface area (Å²) < 4.78 is 13.1. The van der Waals surface area contributed by atoms with Crippen LogP contribution in [0.15, 0.2) is 24.3 Å². The van der Waals surface area contributed by atoms with Gasteiger partial charge in [0.15, 0.2) is 5.13 Å². The van der Waals surface area contributed by atoms with Crippen LogP contribution in [0.1, 0.15) is 29.5 Å².